The minimum absolute atomic E-state index is 0.335. The summed E-state index contributed by atoms with van der Waals surface area (Å²) in [4.78, 5) is 15.3. The first kappa shape index (κ1) is 10.1. The first-order valence-electron chi connectivity index (χ1n) is 5.42. The molecular formula is C11H12N4O2. The zero-order valence-electron chi connectivity index (χ0n) is 9.37. The van der Waals surface area contributed by atoms with Gasteiger partial charge in [0.05, 0.1) is 11.6 Å². The Morgan fingerprint density at radius 2 is 2.41 bits per heavy atom. The molecule has 1 aliphatic heterocycles. The highest BCUT2D eigenvalue weighted by atomic mass is 16.4. The maximum absolute atomic E-state index is 10.9. The van der Waals surface area contributed by atoms with E-state index in [0.717, 1.165) is 17.2 Å². The van der Waals surface area contributed by atoms with Crippen LogP contribution in [-0.2, 0) is 24.8 Å². The van der Waals surface area contributed by atoms with Crippen molar-refractivity contribution in [3.05, 3.63) is 24.3 Å². The number of carboxylic acids is 1. The smallest absolute Gasteiger partial charge is 0.308 e. The number of imidazole rings is 1. The van der Waals surface area contributed by atoms with Crippen molar-refractivity contribution in [1.29, 1.82) is 0 Å². The Balaban J connectivity index is 1.93. The van der Waals surface area contributed by atoms with Crippen molar-refractivity contribution >= 4 is 5.97 Å². The third-order valence-corrected chi connectivity index (χ3v) is 3.14. The highest BCUT2D eigenvalue weighted by Gasteiger charge is 2.29. The van der Waals surface area contributed by atoms with Gasteiger partial charge in [0.25, 0.3) is 0 Å². The molecule has 0 bridgehead atoms. The van der Waals surface area contributed by atoms with Gasteiger partial charge in [0, 0.05) is 32.4 Å². The summed E-state index contributed by atoms with van der Waals surface area (Å²) in [6, 6.07) is 1.90. The average molecular weight is 232 g/mol. The van der Waals surface area contributed by atoms with E-state index in [4.69, 9.17) is 5.11 Å². The molecule has 0 aromatic carbocycles. The Morgan fingerprint density at radius 1 is 1.59 bits per heavy atom. The predicted molar refractivity (Wildman–Crippen MR) is 59.3 cm³/mol. The van der Waals surface area contributed by atoms with Gasteiger partial charge in [-0.1, -0.05) is 0 Å². The van der Waals surface area contributed by atoms with Crippen LogP contribution in [0.3, 0.4) is 0 Å². The summed E-state index contributed by atoms with van der Waals surface area (Å²) in [6.07, 6.45) is 4.13. The van der Waals surface area contributed by atoms with E-state index in [1.165, 1.54) is 0 Å². The van der Waals surface area contributed by atoms with E-state index in [1.807, 2.05) is 23.9 Å². The topological polar surface area (TPSA) is 72.9 Å². The molecule has 0 amide bonds. The number of aliphatic carboxylic acids is 1. The minimum Gasteiger partial charge on any atom is -0.481 e. The predicted octanol–water partition coefficient (Wildman–Crippen LogP) is 0.540. The molecule has 3 rings (SSSR count). The van der Waals surface area contributed by atoms with Crippen molar-refractivity contribution in [3.8, 4) is 11.4 Å². The standard InChI is InChI=1S/C11H12N4O2/c1-14-9(2-3-12-14)8-6-15-5-7(11(16)17)4-10(15)13-8/h2-3,6-7H,4-5H2,1H3,(H,16,17). The molecule has 1 N–H and O–H groups in total. The average Bonchev–Trinajstić information content (AvgIpc) is 2.88. The highest BCUT2D eigenvalue weighted by Crippen LogP contribution is 2.25. The van der Waals surface area contributed by atoms with Crippen LogP contribution in [0.5, 0.6) is 0 Å². The molecule has 2 aromatic rings. The molecule has 0 radical (unpaired) electrons. The summed E-state index contributed by atoms with van der Waals surface area (Å²) in [6.45, 7) is 0.509. The second kappa shape index (κ2) is 3.44. The molecule has 6 nitrogen and oxygen atoms in total. The van der Waals surface area contributed by atoms with Gasteiger partial charge < -0.3 is 9.67 Å². The van der Waals surface area contributed by atoms with E-state index in [9.17, 15) is 4.79 Å². The Labute approximate surface area is 97.5 Å². The van der Waals surface area contributed by atoms with Gasteiger partial charge in [0.2, 0.25) is 0 Å². The van der Waals surface area contributed by atoms with Crippen LogP contribution in [-0.4, -0.2) is 30.4 Å². The molecule has 1 unspecified atom stereocenters. The largest absolute Gasteiger partial charge is 0.481 e. The Kier molecular flexibility index (Phi) is 2.04. The Morgan fingerprint density at radius 3 is 3.00 bits per heavy atom. The van der Waals surface area contributed by atoms with E-state index < -0.39 is 5.97 Å². The number of carboxylic acid groups (broad SMARTS) is 1. The van der Waals surface area contributed by atoms with Gasteiger partial charge in [-0.2, -0.15) is 5.10 Å². The van der Waals surface area contributed by atoms with Gasteiger partial charge in [-0.05, 0) is 6.07 Å². The summed E-state index contributed by atoms with van der Waals surface area (Å²) in [5, 5.41) is 13.0. The van der Waals surface area contributed by atoms with Crippen molar-refractivity contribution in [3.63, 3.8) is 0 Å². The fourth-order valence-corrected chi connectivity index (χ4v) is 2.21. The molecule has 0 saturated carbocycles. The van der Waals surface area contributed by atoms with Gasteiger partial charge >= 0.3 is 5.97 Å². The number of hydrogen-bond donors (Lipinski definition) is 1. The second-order valence-electron chi connectivity index (χ2n) is 4.27. The molecule has 1 aliphatic rings. The first-order chi connectivity index (χ1) is 8.15. The molecule has 0 fully saturated rings. The van der Waals surface area contributed by atoms with Gasteiger partial charge in [0.1, 0.15) is 11.5 Å². The van der Waals surface area contributed by atoms with E-state index >= 15 is 0 Å². The van der Waals surface area contributed by atoms with Crippen LogP contribution in [0.2, 0.25) is 0 Å². The number of carbonyl (C=O) groups is 1. The molecule has 17 heavy (non-hydrogen) atoms. The minimum atomic E-state index is -0.752. The molecule has 1 atom stereocenters. The molecular weight excluding hydrogens is 220 g/mol. The lowest BCUT2D eigenvalue weighted by Crippen LogP contribution is -2.14. The van der Waals surface area contributed by atoms with E-state index in [-0.39, 0.29) is 5.92 Å². The summed E-state index contributed by atoms with van der Waals surface area (Å²) >= 11 is 0. The van der Waals surface area contributed by atoms with Crippen molar-refractivity contribution in [1.82, 2.24) is 19.3 Å². The van der Waals surface area contributed by atoms with E-state index in [1.54, 1.807) is 10.9 Å². The van der Waals surface area contributed by atoms with Gasteiger partial charge in [-0.3, -0.25) is 9.48 Å². The third-order valence-electron chi connectivity index (χ3n) is 3.14. The zero-order valence-corrected chi connectivity index (χ0v) is 9.37. The number of aromatic nitrogens is 4. The molecule has 88 valence electrons. The van der Waals surface area contributed by atoms with Crippen molar-refractivity contribution < 1.29 is 9.90 Å². The first-order valence-corrected chi connectivity index (χ1v) is 5.42. The van der Waals surface area contributed by atoms with E-state index in [2.05, 4.69) is 10.1 Å². The zero-order chi connectivity index (χ0) is 12.0. The fourth-order valence-electron chi connectivity index (χ4n) is 2.21. The maximum atomic E-state index is 10.9. The molecule has 0 spiro atoms. The molecule has 0 aliphatic carbocycles. The van der Waals surface area contributed by atoms with Gasteiger partial charge in [0.15, 0.2) is 0 Å². The number of hydrogen-bond acceptors (Lipinski definition) is 3. The van der Waals surface area contributed by atoms with Crippen molar-refractivity contribution in [2.75, 3.05) is 0 Å². The second-order valence-corrected chi connectivity index (χ2v) is 4.27. The van der Waals surface area contributed by atoms with Crippen LogP contribution >= 0.6 is 0 Å². The van der Waals surface area contributed by atoms with Gasteiger partial charge in [-0.25, -0.2) is 4.98 Å². The fraction of sp³-hybridized carbons (Fsp3) is 0.364. The van der Waals surface area contributed by atoms with Crippen molar-refractivity contribution in [2.24, 2.45) is 13.0 Å². The summed E-state index contributed by atoms with van der Waals surface area (Å²) < 4.78 is 3.67. The van der Waals surface area contributed by atoms with Crippen LogP contribution in [0.25, 0.3) is 11.4 Å². The lowest BCUT2D eigenvalue weighted by atomic mass is 10.1. The van der Waals surface area contributed by atoms with Crippen LogP contribution < -0.4 is 0 Å². The normalized spacial score (nSPS) is 18.3. The molecule has 2 aromatic heterocycles. The monoisotopic (exact) mass is 232 g/mol. The lowest BCUT2D eigenvalue weighted by molar-refractivity contribution is -0.141. The van der Waals surface area contributed by atoms with Crippen LogP contribution in [0.15, 0.2) is 18.5 Å². The number of nitrogens with zero attached hydrogens (tertiary/aromatic N) is 4. The molecule has 3 heterocycles. The molecule has 6 heteroatoms. The quantitative estimate of drug-likeness (QED) is 0.820. The third kappa shape index (κ3) is 1.52. The highest BCUT2D eigenvalue weighted by molar-refractivity contribution is 5.71. The van der Waals surface area contributed by atoms with Crippen LogP contribution in [0.1, 0.15) is 5.82 Å². The Hall–Kier alpha value is -2.11. The lowest BCUT2D eigenvalue weighted by Gasteiger charge is -2.01. The van der Waals surface area contributed by atoms with Gasteiger partial charge in [-0.15, -0.1) is 0 Å². The summed E-state index contributed by atoms with van der Waals surface area (Å²) in [5.74, 6) is -0.246. The summed E-state index contributed by atoms with van der Waals surface area (Å²) in [5.41, 5.74) is 1.79. The van der Waals surface area contributed by atoms with E-state index in [0.29, 0.717) is 13.0 Å². The summed E-state index contributed by atoms with van der Waals surface area (Å²) in [7, 11) is 1.86. The maximum Gasteiger partial charge on any atom is 0.308 e. The molecule has 0 saturated heterocycles. The SMILES string of the molecule is Cn1nccc1-c1cn2c(n1)CC(C(=O)O)C2. The number of fused-ring (bicyclic) bond motifs is 1. The van der Waals surface area contributed by atoms with Crippen LogP contribution in [0, 0.1) is 5.92 Å². The van der Waals surface area contributed by atoms with Crippen LogP contribution in [0.4, 0.5) is 0 Å². The number of aryl methyl sites for hydroxylation is 1. The van der Waals surface area contributed by atoms with Crippen molar-refractivity contribution in [2.45, 2.75) is 13.0 Å². The number of rotatable bonds is 2. The Bertz CT molecular complexity index is 561.